The minimum Gasteiger partial charge on any atom is -0.465 e. The van der Waals surface area contributed by atoms with Crippen LogP contribution in [0.25, 0.3) is 0 Å². The number of hydrogen-bond donors (Lipinski definition) is 4. The van der Waals surface area contributed by atoms with E-state index in [4.69, 9.17) is 10.2 Å². The van der Waals surface area contributed by atoms with Crippen molar-refractivity contribution in [1.29, 1.82) is 0 Å². The van der Waals surface area contributed by atoms with Crippen molar-refractivity contribution in [2.24, 2.45) is 5.73 Å². The quantitative estimate of drug-likeness (QED) is 0.618. The van der Waals surface area contributed by atoms with Crippen molar-refractivity contribution in [3.63, 3.8) is 0 Å². The number of aryl methyl sites for hydroxylation is 1. The van der Waals surface area contributed by atoms with E-state index in [1.807, 2.05) is 49.4 Å². The summed E-state index contributed by atoms with van der Waals surface area (Å²) in [6, 6.07) is 11.9. The van der Waals surface area contributed by atoms with Gasteiger partial charge >= 0.3 is 0 Å². The van der Waals surface area contributed by atoms with Crippen LogP contribution >= 0.6 is 0 Å². The standard InChI is InChI=1S/C18H22N4O3/c1-11-7-8-16(25-11)13-10-15(22-21-13)18(24)20-14(17(19)23)9-12-5-3-2-4-6-12/h2-8,13-15,21-22H,9-10H2,1H3,(H2,19,23)(H,20,24)/t13?,14-,15?/m0/s1. The Balaban J connectivity index is 1.59. The molecule has 5 N–H and O–H groups in total. The number of benzene rings is 1. The van der Waals surface area contributed by atoms with E-state index in [0.29, 0.717) is 12.8 Å². The SMILES string of the molecule is Cc1ccc(C2CC(C(=O)N[C@@H](Cc3ccccc3)C(N)=O)NN2)o1. The maximum absolute atomic E-state index is 12.5. The lowest BCUT2D eigenvalue weighted by atomic mass is 10.0. The van der Waals surface area contributed by atoms with Crippen molar-refractivity contribution < 1.29 is 14.0 Å². The Labute approximate surface area is 145 Å². The van der Waals surface area contributed by atoms with Gasteiger partial charge in [-0.25, -0.2) is 10.9 Å². The van der Waals surface area contributed by atoms with Gasteiger partial charge in [0.1, 0.15) is 23.6 Å². The van der Waals surface area contributed by atoms with Crippen LogP contribution in [0.15, 0.2) is 46.9 Å². The molecule has 0 saturated carbocycles. The van der Waals surface area contributed by atoms with E-state index in [0.717, 1.165) is 17.1 Å². The zero-order valence-corrected chi connectivity index (χ0v) is 14.0. The number of primary amides is 1. The lowest BCUT2D eigenvalue weighted by Crippen LogP contribution is -2.52. The van der Waals surface area contributed by atoms with Crippen molar-refractivity contribution in [2.75, 3.05) is 0 Å². The van der Waals surface area contributed by atoms with Crippen LogP contribution in [-0.4, -0.2) is 23.9 Å². The molecule has 0 radical (unpaired) electrons. The van der Waals surface area contributed by atoms with Crippen LogP contribution in [-0.2, 0) is 16.0 Å². The predicted octanol–water partition coefficient (Wildman–Crippen LogP) is 0.708. The second-order valence-electron chi connectivity index (χ2n) is 6.23. The van der Waals surface area contributed by atoms with E-state index in [1.165, 1.54) is 0 Å². The number of nitrogens with two attached hydrogens (primary N) is 1. The van der Waals surface area contributed by atoms with Crippen LogP contribution in [0.1, 0.15) is 29.5 Å². The lowest BCUT2D eigenvalue weighted by Gasteiger charge is -2.18. The molecule has 0 bridgehead atoms. The van der Waals surface area contributed by atoms with Crippen LogP contribution in [0.3, 0.4) is 0 Å². The fraction of sp³-hybridized carbons (Fsp3) is 0.333. The molecule has 1 aromatic heterocycles. The van der Waals surface area contributed by atoms with Gasteiger partial charge in [0, 0.05) is 6.42 Å². The molecular weight excluding hydrogens is 320 g/mol. The van der Waals surface area contributed by atoms with Gasteiger partial charge in [0.2, 0.25) is 11.8 Å². The molecule has 3 atom stereocenters. The summed E-state index contributed by atoms with van der Waals surface area (Å²) < 4.78 is 5.59. The number of carbonyl (C=O) groups excluding carboxylic acids is 2. The third-order valence-corrected chi connectivity index (χ3v) is 4.27. The first-order chi connectivity index (χ1) is 12.0. The Morgan fingerprint density at radius 3 is 2.64 bits per heavy atom. The normalized spacial score (nSPS) is 21.0. The Kier molecular flexibility index (Phi) is 5.16. The van der Waals surface area contributed by atoms with Crippen molar-refractivity contribution in [2.45, 2.75) is 37.9 Å². The average molecular weight is 342 g/mol. The Bertz CT molecular complexity index is 744. The van der Waals surface area contributed by atoms with Crippen molar-refractivity contribution >= 4 is 11.8 Å². The van der Waals surface area contributed by atoms with Gasteiger partial charge < -0.3 is 15.5 Å². The Morgan fingerprint density at radius 2 is 2.00 bits per heavy atom. The molecule has 2 aromatic rings. The lowest BCUT2D eigenvalue weighted by molar-refractivity contribution is -0.128. The first kappa shape index (κ1) is 17.2. The molecule has 1 aliphatic heterocycles. The molecule has 0 aliphatic carbocycles. The van der Waals surface area contributed by atoms with Crippen LogP contribution in [0.4, 0.5) is 0 Å². The predicted molar refractivity (Wildman–Crippen MR) is 92.1 cm³/mol. The third-order valence-electron chi connectivity index (χ3n) is 4.27. The van der Waals surface area contributed by atoms with Crippen LogP contribution < -0.4 is 21.9 Å². The van der Waals surface area contributed by atoms with Crippen molar-refractivity contribution in [3.05, 3.63) is 59.5 Å². The summed E-state index contributed by atoms with van der Waals surface area (Å²) in [5.41, 5.74) is 12.4. The van der Waals surface area contributed by atoms with Gasteiger partial charge in [0.25, 0.3) is 0 Å². The molecule has 7 heteroatoms. The summed E-state index contributed by atoms with van der Waals surface area (Å²) in [4.78, 5) is 24.2. The molecule has 25 heavy (non-hydrogen) atoms. The van der Waals surface area contributed by atoms with E-state index in [9.17, 15) is 9.59 Å². The van der Waals surface area contributed by atoms with Gasteiger partial charge in [0.15, 0.2) is 0 Å². The molecule has 1 fully saturated rings. The van der Waals surface area contributed by atoms with Crippen LogP contribution in [0, 0.1) is 6.92 Å². The van der Waals surface area contributed by atoms with E-state index in [-0.39, 0.29) is 11.9 Å². The van der Waals surface area contributed by atoms with Crippen molar-refractivity contribution in [1.82, 2.24) is 16.2 Å². The highest BCUT2D eigenvalue weighted by Crippen LogP contribution is 2.24. The number of amides is 2. The summed E-state index contributed by atoms with van der Waals surface area (Å²) in [5.74, 6) is 0.775. The highest BCUT2D eigenvalue weighted by molar-refractivity contribution is 5.89. The first-order valence-corrected chi connectivity index (χ1v) is 8.24. The number of carbonyl (C=O) groups is 2. The fourth-order valence-corrected chi connectivity index (χ4v) is 2.90. The highest BCUT2D eigenvalue weighted by atomic mass is 16.3. The van der Waals surface area contributed by atoms with Gasteiger partial charge in [-0.15, -0.1) is 0 Å². The third kappa shape index (κ3) is 4.26. The first-order valence-electron chi connectivity index (χ1n) is 8.24. The van der Waals surface area contributed by atoms with Gasteiger partial charge in [-0.1, -0.05) is 30.3 Å². The Morgan fingerprint density at radius 1 is 1.24 bits per heavy atom. The second-order valence-corrected chi connectivity index (χ2v) is 6.23. The number of furan rings is 1. The van der Waals surface area contributed by atoms with E-state index in [2.05, 4.69) is 16.2 Å². The van der Waals surface area contributed by atoms with Crippen LogP contribution in [0.5, 0.6) is 0 Å². The van der Waals surface area contributed by atoms with Gasteiger partial charge in [-0.05, 0) is 31.0 Å². The maximum Gasteiger partial charge on any atom is 0.240 e. The van der Waals surface area contributed by atoms with Crippen LogP contribution in [0.2, 0.25) is 0 Å². The maximum atomic E-state index is 12.5. The second kappa shape index (κ2) is 7.50. The molecule has 3 rings (SSSR count). The molecular formula is C18H22N4O3. The molecule has 132 valence electrons. The molecule has 1 aromatic carbocycles. The summed E-state index contributed by atoms with van der Waals surface area (Å²) >= 11 is 0. The monoisotopic (exact) mass is 342 g/mol. The van der Waals surface area contributed by atoms with Crippen molar-refractivity contribution in [3.8, 4) is 0 Å². The van der Waals surface area contributed by atoms with Gasteiger partial charge in [0.05, 0.1) is 6.04 Å². The summed E-state index contributed by atoms with van der Waals surface area (Å²) in [5, 5.41) is 2.74. The topological polar surface area (TPSA) is 109 Å². The average Bonchev–Trinajstić information content (AvgIpc) is 3.24. The summed E-state index contributed by atoms with van der Waals surface area (Å²) in [6.45, 7) is 1.87. The van der Waals surface area contributed by atoms with E-state index < -0.39 is 18.0 Å². The zero-order valence-electron chi connectivity index (χ0n) is 14.0. The van der Waals surface area contributed by atoms with E-state index in [1.54, 1.807) is 0 Å². The zero-order chi connectivity index (χ0) is 17.8. The summed E-state index contributed by atoms with van der Waals surface area (Å²) in [6.07, 6.45) is 0.887. The fourth-order valence-electron chi connectivity index (χ4n) is 2.90. The molecule has 2 unspecified atom stereocenters. The number of rotatable bonds is 6. The molecule has 1 aliphatic rings. The minimum absolute atomic E-state index is 0.0920. The molecule has 2 amide bonds. The molecule has 0 spiro atoms. The van der Waals surface area contributed by atoms with Gasteiger partial charge in [-0.3, -0.25) is 9.59 Å². The Hall–Kier alpha value is -2.64. The molecule has 2 heterocycles. The molecule has 7 nitrogen and oxygen atoms in total. The van der Waals surface area contributed by atoms with Gasteiger partial charge in [-0.2, -0.15) is 0 Å². The highest BCUT2D eigenvalue weighted by Gasteiger charge is 2.33. The largest absolute Gasteiger partial charge is 0.465 e. The van der Waals surface area contributed by atoms with E-state index >= 15 is 0 Å². The minimum atomic E-state index is -0.749. The smallest absolute Gasteiger partial charge is 0.240 e. The summed E-state index contributed by atoms with van der Waals surface area (Å²) in [7, 11) is 0. The number of hydrazine groups is 1. The molecule has 1 saturated heterocycles. The number of nitrogens with one attached hydrogen (secondary N) is 3. The number of hydrogen-bond acceptors (Lipinski definition) is 5.